The molecule has 158 valence electrons. The number of sulfonamides is 1. The number of benzene rings is 1. The lowest BCUT2D eigenvalue weighted by atomic mass is 10.1. The molecule has 1 fully saturated rings. The SMILES string of the molecule is Cc1nc(CC(C)C)sc1C(=O)N1CCN(S(=O)(=O)c2cc(F)ccc2F)CC1. The predicted molar refractivity (Wildman–Crippen MR) is 106 cm³/mol. The number of carbonyl (C=O) groups excluding carboxylic acids is 1. The van der Waals surface area contributed by atoms with Gasteiger partial charge in [0, 0.05) is 32.6 Å². The van der Waals surface area contributed by atoms with Crippen LogP contribution in [0.5, 0.6) is 0 Å². The zero-order chi connectivity index (χ0) is 21.3. The van der Waals surface area contributed by atoms with Crippen LogP contribution >= 0.6 is 11.3 Å². The van der Waals surface area contributed by atoms with Gasteiger partial charge in [0.25, 0.3) is 5.91 Å². The van der Waals surface area contributed by atoms with Crippen molar-refractivity contribution in [3.63, 3.8) is 0 Å². The van der Waals surface area contributed by atoms with Crippen molar-refractivity contribution < 1.29 is 22.0 Å². The summed E-state index contributed by atoms with van der Waals surface area (Å²) >= 11 is 1.37. The fraction of sp³-hybridized carbons (Fsp3) is 0.474. The van der Waals surface area contributed by atoms with Crippen LogP contribution in [0.2, 0.25) is 0 Å². The number of thiazole rings is 1. The van der Waals surface area contributed by atoms with Crippen LogP contribution in [0.1, 0.15) is 34.2 Å². The number of hydrogen-bond donors (Lipinski definition) is 0. The molecule has 6 nitrogen and oxygen atoms in total. The van der Waals surface area contributed by atoms with Crippen molar-refractivity contribution in [2.75, 3.05) is 26.2 Å². The molecule has 0 saturated carbocycles. The zero-order valence-electron chi connectivity index (χ0n) is 16.5. The Hall–Kier alpha value is -1.91. The van der Waals surface area contributed by atoms with Gasteiger partial charge >= 0.3 is 0 Å². The number of carbonyl (C=O) groups is 1. The van der Waals surface area contributed by atoms with Gasteiger partial charge in [0.2, 0.25) is 10.0 Å². The molecule has 1 aromatic heterocycles. The summed E-state index contributed by atoms with van der Waals surface area (Å²) in [7, 11) is -4.18. The number of aryl methyl sites for hydroxylation is 1. The summed E-state index contributed by atoms with van der Waals surface area (Å²) in [5, 5.41) is 0.906. The first-order chi connectivity index (χ1) is 13.6. The minimum Gasteiger partial charge on any atom is -0.335 e. The van der Waals surface area contributed by atoms with E-state index in [4.69, 9.17) is 0 Å². The third kappa shape index (κ3) is 4.65. The monoisotopic (exact) mass is 443 g/mol. The van der Waals surface area contributed by atoms with Gasteiger partial charge in [-0.3, -0.25) is 4.79 Å². The first-order valence-electron chi connectivity index (χ1n) is 9.30. The molecule has 2 aromatic rings. The molecule has 0 N–H and O–H groups in total. The van der Waals surface area contributed by atoms with E-state index in [2.05, 4.69) is 18.8 Å². The maximum absolute atomic E-state index is 13.9. The lowest BCUT2D eigenvalue weighted by molar-refractivity contribution is 0.0701. The molecular weight excluding hydrogens is 420 g/mol. The van der Waals surface area contributed by atoms with Gasteiger partial charge in [0.05, 0.1) is 10.7 Å². The fourth-order valence-corrected chi connectivity index (χ4v) is 5.92. The molecule has 0 unspecified atom stereocenters. The molecule has 1 amide bonds. The highest BCUT2D eigenvalue weighted by molar-refractivity contribution is 7.89. The number of amides is 1. The molecular formula is C19H23F2N3O3S2. The second kappa shape index (κ2) is 8.45. The molecule has 2 heterocycles. The van der Waals surface area contributed by atoms with Gasteiger partial charge < -0.3 is 4.90 Å². The molecule has 1 aliphatic rings. The Morgan fingerprint density at radius 1 is 1.21 bits per heavy atom. The van der Waals surface area contributed by atoms with Crippen LogP contribution in [-0.4, -0.2) is 54.7 Å². The predicted octanol–water partition coefficient (Wildman–Crippen LogP) is 3.07. The van der Waals surface area contributed by atoms with E-state index >= 15 is 0 Å². The van der Waals surface area contributed by atoms with E-state index in [0.29, 0.717) is 22.6 Å². The molecule has 1 aromatic carbocycles. The minimum atomic E-state index is -4.18. The third-order valence-corrected chi connectivity index (χ3v) is 7.74. The maximum Gasteiger partial charge on any atom is 0.265 e. The highest BCUT2D eigenvalue weighted by Crippen LogP contribution is 2.25. The first-order valence-corrected chi connectivity index (χ1v) is 11.6. The topological polar surface area (TPSA) is 70.6 Å². The molecule has 1 saturated heterocycles. The van der Waals surface area contributed by atoms with Crippen LogP contribution in [0.4, 0.5) is 8.78 Å². The molecule has 0 bridgehead atoms. The Morgan fingerprint density at radius 3 is 2.48 bits per heavy atom. The molecule has 3 rings (SSSR count). The van der Waals surface area contributed by atoms with Crippen LogP contribution in [-0.2, 0) is 16.4 Å². The summed E-state index contributed by atoms with van der Waals surface area (Å²) in [5.74, 6) is -1.57. The van der Waals surface area contributed by atoms with Crippen molar-refractivity contribution in [3.05, 3.63) is 45.4 Å². The van der Waals surface area contributed by atoms with Gasteiger partial charge in [-0.25, -0.2) is 22.2 Å². The average Bonchev–Trinajstić information content (AvgIpc) is 3.02. The second-order valence-corrected chi connectivity index (χ2v) is 10.4. The summed E-state index contributed by atoms with van der Waals surface area (Å²) in [6.45, 7) is 6.33. The van der Waals surface area contributed by atoms with E-state index < -0.39 is 26.6 Å². The zero-order valence-corrected chi connectivity index (χ0v) is 18.1. The van der Waals surface area contributed by atoms with Crippen LogP contribution < -0.4 is 0 Å². The molecule has 29 heavy (non-hydrogen) atoms. The van der Waals surface area contributed by atoms with Crippen LogP contribution in [0.15, 0.2) is 23.1 Å². The number of rotatable bonds is 5. The number of piperazine rings is 1. The number of hydrogen-bond acceptors (Lipinski definition) is 5. The van der Waals surface area contributed by atoms with Crippen molar-refractivity contribution in [1.82, 2.24) is 14.2 Å². The highest BCUT2D eigenvalue weighted by atomic mass is 32.2. The lowest BCUT2D eigenvalue weighted by Crippen LogP contribution is -2.50. The van der Waals surface area contributed by atoms with Crippen LogP contribution in [0.25, 0.3) is 0 Å². The Kier molecular flexibility index (Phi) is 6.35. The minimum absolute atomic E-state index is 0.0146. The van der Waals surface area contributed by atoms with E-state index in [9.17, 15) is 22.0 Å². The lowest BCUT2D eigenvalue weighted by Gasteiger charge is -2.33. The van der Waals surface area contributed by atoms with Crippen LogP contribution in [0, 0.1) is 24.5 Å². The van der Waals surface area contributed by atoms with Crippen molar-refractivity contribution in [3.8, 4) is 0 Å². The van der Waals surface area contributed by atoms with Gasteiger partial charge in [0.15, 0.2) is 0 Å². The Morgan fingerprint density at radius 2 is 1.86 bits per heavy atom. The van der Waals surface area contributed by atoms with Gasteiger partial charge in [0.1, 0.15) is 21.4 Å². The van der Waals surface area contributed by atoms with E-state index in [1.54, 1.807) is 11.8 Å². The Labute approximate surface area is 173 Å². The largest absolute Gasteiger partial charge is 0.335 e. The Balaban J connectivity index is 1.71. The van der Waals surface area contributed by atoms with E-state index in [1.807, 2.05) is 0 Å². The molecule has 10 heteroatoms. The second-order valence-electron chi connectivity index (χ2n) is 7.39. The van der Waals surface area contributed by atoms with Gasteiger partial charge in [-0.1, -0.05) is 13.8 Å². The molecule has 0 atom stereocenters. The van der Waals surface area contributed by atoms with Crippen molar-refractivity contribution in [2.45, 2.75) is 32.1 Å². The van der Waals surface area contributed by atoms with Crippen molar-refractivity contribution in [1.29, 1.82) is 0 Å². The highest BCUT2D eigenvalue weighted by Gasteiger charge is 2.33. The van der Waals surface area contributed by atoms with E-state index in [0.717, 1.165) is 27.9 Å². The standard InChI is InChI=1S/C19H23F2N3O3S2/c1-12(2)10-17-22-13(3)18(28-17)19(25)23-6-8-24(9-7-23)29(26,27)16-11-14(20)4-5-15(16)21/h4-5,11-12H,6-10H2,1-3H3. The summed E-state index contributed by atoms with van der Waals surface area (Å²) in [6, 6.07) is 2.35. The van der Waals surface area contributed by atoms with Crippen molar-refractivity contribution >= 4 is 27.3 Å². The quantitative estimate of drug-likeness (QED) is 0.712. The summed E-state index contributed by atoms with van der Waals surface area (Å²) in [5.41, 5.74) is 0.674. The average molecular weight is 444 g/mol. The first kappa shape index (κ1) is 21.8. The third-order valence-electron chi connectivity index (χ3n) is 4.65. The van der Waals surface area contributed by atoms with Gasteiger partial charge in [-0.15, -0.1) is 11.3 Å². The summed E-state index contributed by atoms with van der Waals surface area (Å²) in [4.78, 5) is 18.8. The maximum atomic E-state index is 13.9. The number of nitrogens with zero attached hydrogens (tertiary/aromatic N) is 3. The van der Waals surface area contributed by atoms with Crippen molar-refractivity contribution in [2.24, 2.45) is 5.92 Å². The number of halogens is 2. The molecule has 0 spiro atoms. The molecule has 0 radical (unpaired) electrons. The molecule has 1 aliphatic heterocycles. The smallest absolute Gasteiger partial charge is 0.265 e. The van der Waals surface area contributed by atoms with Gasteiger partial charge in [-0.2, -0.15) is 4.31 Å². The summed E-state index contributed by atoms with van der Waals surface area (Å²) in [6.07, 6.45) is 0.796. The van der Waals surface area contributed by atoms with E-state index in [1.165, 1.54) is 11.3 Å². The molecule has 0 aliphatic carbocycles. The van der Waals surface area contributed by atoms with Gasteiger partial charge in [-0.05, 0) is 31.0 Å². The number of aromatic nitrogens is 1. The van der Waals surface area contributed by atoms with E-state index in [-0.39, 0.29) is 32.1 Å². The summed E-state index contributed by atoms with van der Waals surface area (Å²) < 4.78 is 53.8. The van der Waals surface area contributed by atoms with Crippen LogP contribution in [0.3, 0.4) is 0 Å². The Bertz CT molecular complexity index is 1010. The normalized spacial score (nSPS) is 15.9. The fourth-order valence-electron chi connectivity index (χ4n) is 3.18.